The third-order valence-corrected chi connectivity index (χ3v) is 1.96. The molecule has 0 aliphatic carbocycles. The lowest BCUT2D eigenvalue weighted by Crippen LogP contribution is -1.97. The number of imidazole rings is 1. The van der Waals surface area contributed by atoms with Gasteiger partial charge in [-0.3, -0.25) is 0 Å². The van der Waals surface area contributed by atoms with E-state index in [9.17, 15) is 0 Å². The van der Waals surface area contributed by atoms with Crippen LogP contribution in [0.2, 0.25) is 0 Å². The molecule has 0 bridgehead atoms. The quantitative estimate of drug-likeness (QED) is 0.691. The summed E-state index contributed by atoms with van der Waals surface area (Å²) in [5.41, 5.74) is 5.36. The first kappa shape index (κ1) is 9.99. The topological polar surface area (TPSA) is 43.8 Å². The maximum Gasteiger partial charge on any atom is 0.108 e. The molecule has 0 aliphatic rings. The second-order valence-corrected chi connectivity index (χ2v) is 3.04. The lowest BCUT2D eigenvalue weighted by molar-refractivity contribution is 0.779. The molecule has 0 amide bonds. The van der Waals surface area contributed by atoms with Crippen LogP contribution >= 0.6 is 0 Å². The Morgan fingerprint density at radius 1 is 1.46 bits per heavy atom. The molecule has 3 nitrogen and oxygen atoms in total. The predicted octanol–water partition coefficient (Wildman–Crippen LogP) is 1.26. The fourth-order valence-electron chi connectivity index (χ4n) is 1.18. The van der Waals surface area contributed by atoms with Gasteiger partial charge in [0.1, 0.15) is 5.82 Å². The first-order chi connectivity index (χ1) is 6.34. The summed E-state index contributed by atoms with van der Waals surface area (Å²) in [7, 11) is 2.02. The van der Waals surface area contributed by atoms with Gasteiger partial charge in [0, 0.05) is 25.9 Å². The summed E-state index contributed by atoms with van der Waals surface area (Å²) in [6, 6.07) is 0. The van der Waals surface area contributed by atoms with Crippen molar-refractivity contribution in [3.05, 3.63) is 30.4 Å². The molecule has 1 rings (SSSR count). The molecule has 1 aromatic heterocycles. The van der Waals surface area contributed by atoms with Crippen molar-refractivity contribution < 1.29 is 0 Å². The highest BCUT2D eigenvalue weighted by molar-refractivity contribution is 4.94. The van der Waals surface area contributed by atoms with Gasteiger partial charge in [-0.15, -0.1) is 0 Å². The van der Waals surface area contributed by atoms with E-state index in [4.69, 9.17) is 5.73 Å². The average molecular weight is 179 g/mol. The molecule has 0 aromatic carbocycles. The number of hydrogen-bond acceptors (Lipinski definition) is 2. The Morgan fingerprint density at radius 2 is 2.23 bits per heavy atom. The number of rotatable bonds is 5. The normalized spacial score (nSPS) is 11.2. The van der Waals surface area contributed by atoms with Gasteiger partial charge in [-0.1, -0.05) is 12.2 Å². The van der Waals surface area contributed by atoms with E-state index >= 15 is 0 Å². The monoisotopic (exact) mass is 179 g/mol. The Hall–Kier alpha value is -1.09. The molecule has 2 N–H and O–H groups in total. The summed E-state index contributed by atoms with van der Waals surface area (Å²) < 4.78 is 2.05. The van der Waals surface area contributed by atoms with Crippen LogP contribution in [0.1, 0.15) is 18.7 Å². The first-order valence-electron chi connectivity index (χ1n) is 4.66. The van der Waals surface area contributed by atoms with E-state index in [1.54, 1.807) is 0 Å². The summed E-state index contributed by atoms with van der Waals surface area (Å²) in [5.74, 6) is 1.14. The second kappa shape index (κ2) is 5.54. The molecule has 0 fully saturated rings. The van der Waals surface area contributed by atoms with Crippen molar-refractivity contribution >= 4 is 0 Å². The molecule has 0 radical (unpaired) electrons. The molecule has 0 atom stereocenters. The highest BCUT2D eigenvalue weighted by Gasteiger charge is 1.95. The number of aromatic nitrogens is 2. The molecule has 0 aliphatic heterocycles. The zero-order chi connectivity index (χ0) is 9.52. The highest BCUT2D eigenvalue weighted by atomic mass is 15.0. The first-order valence-corrected chi connectivity index (χ1v) is 4.66. The molecule has 1 aromatic rings. The summed E-state index contributed by atoms with van der Waals surface area (Å²) in [6.07, 6.45) is 11.1. The maximum absolute atomic E-state index is 5.36. The molecule has 3 heteroatoms. The molecule has 0 spiro atoms. The Labute approximate surface area is 79.3 Å². The van der Waals surface area contributed by atoms with Crippen LogP contribution in [-0.2, 0) is 13.5 Å². The van der Waals surface area contributed by atoms with Crippen LogP contribution < -0.4 is 5.73 Å². The average Bonchev–Trinajstić information content (AvgIpc) is 2.52. The van der Waals surface area contributed by atoms with E-state index in [2.05, 4.69) is 21.7 Å². The van der Waals surface area contributed by atoms with Gasteiger partial charge >= 0.3 is 0 Å². The van der Waals surface area contributed by atoms with Gasteiger partial charge in [0.25, 0.3) is 0 Å². The number of allylic oxidation sites excluding steroid dienone is 1. The third kappa shape index (κ3) is 3.42. The van der Waals surface area contributed by atoms with Crippen LogP contribution in [0.3, 0.4) is 0 Å². The zero-order valence-electron chi connectivity index (χ0n) is 8.11. The molecule has 72 valence electrons. The summed E-state index contributed by atoms with van der Waals surface area (Å²) in [4.78, 5) is 4.24. The van der Waals surface area contributed by atoms with Gasteiger partial charge in [0.05, 0.1) is 0 Å². The number of nitrogens with zero attached hydrogens (tertiary/aromatic N) is 2. The van der Waals surface area contributed by atoms with Gasteiger partial charge in [0.2, 0.25) is 0 Å². The number of nitrogens with two attached hydrogens (primary N) is 1. The lowest BCUT2D eigenvalue weighted by atomic mass is 10.2. The van der Waals surface area contributed by atoms with Crippen molar-refractivity contribution in [2.24, 2.45) is 12.8 Å². The van der Waals surface area contributed by atoms with Crippen LogP contribution in [0, 0.1) is 0 Å². The highest BCUT2D eigenvalue weighted by Crippen LogP contribution is 1.99. The van der Waals surface area contributed by atoms with Gasteiger partial charge < -0.3 is 10.3 Å². The summed E-state index contributed by atoms with van der Waals surface area (Å²) >= 11 is 0. The Morgan fingerprint density at radius 3 is 2.85 bits per heavy atom. The summed E-state index contributed by atoms with van der Waals surface area (Å²) in [5, 5.41) is 0. The van der Waals surface area contributed by atoms with Crippen molar-refractivity contribution in [3.63, 3.8) is 0 Å². The van der Waals surface area contributed by atoms with Crippen molar-refractivity contribution in [1.82, 2.24) is 9.55 Å². The van der Waals surface area contributed by atoms with Gasteiger partial charge in [-0.2, -0.15) is 0 Å². The predicted molar refractivity (Wildman–Crippen MR) is 54.3 cm³/mol. The van der Waals surface area contributed by atoms with Gasteiger partial charge in [0.15, 0.2) is 0 Å². The van der Waals surface area contributed by atoms with E-state index in [1.165, 1.54) is 0 Å². The van der Waals surface area contributed by atoms with E-state index in [0.29, 0.717) is 0 Å². The zero-order valence-corrected chi connectivity index (χ0v) is 8.11. The van der Waals surface area contributed by atoms with Crippen LogP contribution in [-0.4, -0.2) is 16.1 Å². The van der Waals surface area contributed by atoms with Crippen LogP contribution in [0.15, 0.2) is 24.5 Å². The third-order valence-electron chi connectivity index (χ3n) is 1.96. The number of aryl methyl sites for hydroxylation is 2. The molecular weight excluding hydrogens is 162 g/mol. The molecule has 0 unspecified atom stereocenters. The summed E-state index contributed by atoms with van der Waals surface area (Å²) in [6.45, 7) is 0.735. The van der Waals surface area contributed by atoms with Gasteiger partial charge in [-0.25, -0.2) is 4.98 Å². The minimum absolute atomic E-state index is 0.735. The maximum atomic E-state index is 5.36. The van der Waals surface area contributed by atoms with E-state index in [1.807, 2.05) is 19.4 Å². The molecule has 1 heterocycles. The Balaban J connectivity index is 2.24. The molecular formula is C10H17N3. The minimum atomic E-state index is 0.735. The number of hydrogen-bond donors (Lipinski definition) is 1. The lowest BCUT2D eigenvalue weighted by Gasteiger charge is -1.97. The molecule has 13 heavy (non-hydrogen) atoms. The molecule has 0 saturated carbocycles. The SMILES string of the molecule is Cn1ccnc1CC/C=C/CCN. The second-order valence-electron chi connectivity index (χ2n) is 3.04. The minimum Gasteiger partial charge on any atom is -0.338 e. The fourth-order valence-corrected chi connectivity index (χ4v) is 1.18. The Bertz CT molecular complexity index is 263. The standard InChI is InChI=1S/C10H17N3/c1-13-9-8-12-10(13)6-4-2-3-5-7-11/h2-3,8-9H,4-7,11H2,1H3/b3-2+. The van der Waals surface area contributed by atoms with Crippen molar-refractivity contribution in [2.75, 3.05) is 6.54 Å². The van der Waals surface area contributed by atoms with E-state index < -0.39 is 0 Å². The van der Waals surface area contributed by atoms with Crippen LogP contribution in [0.25, 0.3) is 0 Å². The smallest absolute Gasteiger partial charge is 0.108 e. The van der Waals surface area contributed by atoms with E-state index in [0.717, 1.165) is 31.6 Å². The van der Waals surface area contributed by atoms with Crippen LogP contribution in [0.5, 0.6) is 0 Å². The fraction of sp³-hybridized carbons (Fsp3) is 0.500. The molecule has 0 saturated heterocycles. The Kier molecular flexibility index (Phi) is 4.26. The van der Waals surface area contributed by atoms with E-state index in [-0.39, 0.29) is 0 Å². The van der Waals surface area contributed by atoms with Crippen molar-refractivity contribution in [3.8, 4) is 0 Å². The van der Waals surface area contributed by atoms with Crippen molar-refractivity contribution in [1.29, 1.82) is 0 Å². The van der Waals surface area contributed by atoms with Crippen molar-refractivity contribution in [2.45, 2.75) is 19.3 Å². The van der Waals surface area contributed by atoms with Crippen LogP contribution in [0.4, 0.5) is 0 Å². The van der Waals surface area contributed by atoms with Gasteiger partial charge in [-0.05, 0) is 19.4 Å². The largest absolute Gasteiger partial charge is 0.338 e.